The Labute approximate surface area is 186 Å². The molecular formula is C26H43F3O2. The molecule has 0 spiro atoms. The van der Waals surface area contributed by atoms with E-state index in [1.807, 2.05) is 6.92 Å². The van der Waals surface area contributed by atoms with Gasteiger partial charge in [0.1, 0.15) is 0 Å². The first-order valence-electron chi connectivity index (χ1n) is 12.9. The molecule has 0 amide bonds. The lowest BCUT2D eigenvalue weighted by molar-refractivity contribution is -0.282. The summed E-state index contributed by atoms with van der Waals surface area (Å²) in [5, 5.41) is 19.9. The lowest BCUT2D eigenvalue weighted by atomic mass is 9.48. The molecule has 31 heavy (non-hydrogen) atoms. The van der Waals surface area contributed by atoms with Gasteiger partial charge in [-0.15, -0.1) is 0 Å². The summed E-state index contributed by atoms with van der Waals surface area (Å²) in [7, 11) is 0. The van der Waals surface area contributed by atoms with Gasteiger partial charge in [-0.25, -0.2) is 0 Å². The predicted octanol–water partition coefficient (Wildman–Crippen LogP) is 6.74. The molecular weight excluding hydrogens is 401 g/mol. The zero-order chi connectivity index (χ0) is 22.6. The van der Waals surface area contributed by atoms with Gasteiger partial charge in [-0.05, 0) is 118 Å². The van der Waals surface area contributed by atoms with Gasteiger partial charge in [0.05, 0.1) is 6.10 Å². The highest BCUT2D eigenvalue weighted by molar-refractivity contribution is 5.08. The summed E-state index contributed by atoms with van der Waals surface area (Å²) in [5.41, 5.74) is -2.08. The van der Waals surface area contributed by atoms with E-state index in [-0.39, 0.29) is 24.9 Å². The minimum absolute atomic E-state index is 0.0441. The van der Waals surface area contributed by atoms with Gasteiger partial charge in [0.15, 0.2) is 5.60 Å². The van der Waals surface area contributed by atoms with Crippen LogP contribution in [0, 0.1) is 46.8 Å². The number of rotatable bonds is 5. The summed E-state index contributed by atoms with van der Waals surface area (Å²) < 4.78 is 40.3. The van der Waals surface area contributed by atoms with Gasteiger partial charge < -0.3 is 10.2 Å². The van der Waals surface area contributed by atoms with Crippen molar-refractivity contribution in [2.24, 2.45) is 46.8 Å². The summed E-state index contributed by atoms with van der Waals surface area (Å²) in [6.45, 7) is 6.80. The third-order valence-corrected chi connectivity index (χ3v) is 10.6. The molecule has 4 saturated carbocycles. The normalized spacial score (nSPS) is 47.2. The third kappa shape index (κ3) is 4.20. The number of hydrogen-bond donors (Lipinski definition) is 2. The van der Waals surface area contributed by atoms with Crippen LogP contribution in [0.5, 0.6) is 0 Å². The Balaban J connectivity index is 1.42. The number of aliphatic hydroxyl groups excluding tert-OH is 1. The van der Waals surface area contributed by atoms with Crippen molar-refractivity contribution < 1.29 is 23.4 Å². The van der Waals surface area contributed by atoms with Crippen LogP contribution in [0.15, 0.2) is 0 Å². The molecule has 0 saturated heterocycles. The predicted molar refractivity (Wildman–Crippen MR) is 116 cm³/mol. The van der Waals surface area contributed by atoms with Crippen molar-refractivity contribution in [3.05, 3.63) is 0 Å². The van der Waals surface area contributed by atoms with E-state index >= 15 is 0 Å². The topological polar surface area (TPSA) is 40.5 Å². The van der Waals surface area contributed by atoms with Crippen LogP contribution >= 0.6 is 0 Å². The maximum atomic E-state index is 13.4. The molecule has 10 atom stereocenters. The van der Waals surface area contributed by atoms with Gasteiger partial charge in [-0.2, -0.15) is 13.2 Å². The van der Waals surface area contributed by atoms with Crippen molar-refractivity contribution in [2.75, 3.05) is 0 Å². The van der Waals surface area contributed by atoms with E-state index in [1.165, 1.54) is 32.1 Å². The van der Waals surface area contributed by atoms with Gasteiger partial charge in [-0.1, -0.05) is 26.7 Å². The van der Waals surface area contributed by atoms with Crippen LogP contribution in [-0.2, 0) is 0 Å². The Kier molecular flexibility index (Phi) is 6.53. The molecule has 5 heteroatoms. The Bertz CT molecular complexity index is 635. The minimum Gasteiger partial charge on any atom is -0.393 e. The van der Waals surface area contributed by atoms with Crippen LogP contribution in [0.1, 0.15) is 97.8 Å². The first kappa shape index (κ1) is 23.9. The zero-order valence-electron chi connectivity index (χ0n) is 19.6. The Morgan fingerprint density at radius 1 is 0.903 bits per heavy atom. The van der Waals surface area contributed by atoms with Gasteiger partial charge in [0, 0.05) is 0 Å². The maximum Gasteiger partial charge on any atom is 0.417 e. The summed E-state index contributed by atoms with van der Waals surface area (Å²) in [4.78, 5) is 0. The van der Waals surface area contributed by atoms with Crippen LogP contribution in [0.2, 0.25) is 0 Å². The van der Waals surface area contributed by atoms with E-state index in [0.29, 0.717) is 35.5 Å². The molecule has 4 aliphatic carbocycles. The molecule has 4 rings (SSSR count). The van der Waals surface area contributed by atoms with Crippen LogP contribution in [0.25, 0.3) is 0 Å². The second kappa shape index (κ2) is 8.49. The number of hydrogen-bond acceptors (Lipinski definition) is 2. The molecule has 0 radical (unpaired) electrons. The van der Waals surface area contributed by atoms with Crippen molar-refractivity contribution in [2.45, 2.75) is 116 Å². The lowest BCUT2D eigenvalue weighted by Crippen LogP contribution is -2.55. The smallest absolute Gasteiger partial charge is 0.393 e. The second-order valence-corrected chi connectivity index (χ2v) is 12.2. The van der Waals surface area contributed by atoms with Gasteiger partial charge in [0.25, 0.3) is 0 Å². The Morgan fingerprint density at radius 2 is 1.61 bits per heavy atom. The van der Waals surface area contributed by atoms with Crippen molar-refractivity contribution in [3.8, 4) is 0 Å². The fourth-order valence-corrected chi connectivity index (χ4v) is 9.05. The van der Waals surface area contributed by atoms with Gasteiger partial charge >= 0.3 is 6.18 Å². The molecule has 4 aliphatic rings. The quantitative estimate of drug-likeness (QED) is 0.493. The summed E-state index contributed by atoms with van der Waals surface area (Å²) >= 11 is 0. The number of alkyl halides is 3. The maximum absolute atomic E-state index is 13.4. The van der Waals surface area contributed by atoms with E-state index in [2.05, 4.69) is 13.8 Å². The standard InChI is InChI=1S/C26H43F3O2/c1-16(5-4-6-17(2)30)22-9-10-23-21-8-7-18-15-25(31,26(27,28)29)14-12-19(18)20(21)11-13-24(22,23)3/h16-23,30-31H,4-15H2,1-3H3/t16-,17+,18-,19-,20+,21+,22-,23-,24+,25-/m0/s1. The fourth-order valence-electron chi connectivity index (χ4n) is 9.05. The Morgan fingerprint density at radius 3 is 2.29 bits per heavy atom. The average Bonchev–Trinajstić information content (AvgIpc) is 3.03. The first-order chi connectivity index (χ1) is 14.5. The molecule has 0 bridgehead atoms. The molecule has 0 aromatic heterocycles. The number of fused-ring (bicyclic) bond motifs is 5. The molecule has 0 aromatic rings. The van der Waals surface area contributed by atoms with Crippen LogP contribution in [0.3, 0.4) is 0 Å². The first-order valence-corrected chi connectivity index (χ1v) is 12.9. The second-order valence-electron chi connectivity index (χ2n) is 12.2. The van der Waals surface area contributed by atoms with Crippen molar-refractivity contribution in [3.63, 3.8) is 0 Å². The fraction of sp³-hybridized carbons (Fsp3) is 1.00. The minimum atomic E-state index is -4.50. The molecule has 180 valence electrons. The van der Waals surface area contributed by atoms with E-state index in [1.54, 1.807) is 0 Å². The average molecular weight is 445 g/mol. The number of halogens is 3. The number of aliphatic hydroxyl groups is 2. The highest BCUT2D eigenvalue weighted by Crippen LogP contribution is 2.66. The molecule has 0 aromatic carbocycles. The van der Waals surface area contributed by atoms with Crippen LogP contribution in [0.4, 0.5) is 13.2 Å². The van der Waals surface area contributed by atoms with Crippen LogP contribution < -0.4 is 0 Å². The Hall–Kier alpha value is -0.290. The molecule has 0 heterocycles. The summed E-state index contributed by atoms with van der Waals surface area (Å²) in [6.07, 6.45) is 5.71. The highest BCUT2D eigenvalue weighted by Gasteiger charge is 2.61. The molecule has 0 unspecified atom stereocenters. The van der Waals surface area contributed by atoms with Crippen molar-refractivity contribution in [1.29, 1.82) is 0 Å². The van der Waals surface area contributed by atoms with E-state index in [9.17, 15) is 23.4 Å². The largest absolute Gasteiger partial charge is 0.417 e. The molecule has 0 aliphatic heterocycles. The highest BCUT2D eigenvalue weighted by atomic mass is 19.4. The molecule has 2 N–H and O–H groups in total. The lowest BCUT2D eigenvalue weighted by Gasteiger charge is -2.57. The molecule has 4 fully saturated rings. The van der Waals surface area contributed by atoms with Gasteiger partial charge in [0.2, 0.25) is 0 Å². The SMILES string of the molecule is C[C@@H](O)CCC[C@H](C)[C@@H]1CC[C@H]2[C@@H]3CC[C@H]4C[C@](O)(C(F)(F)F)CC[C@@H]4[C@H]3CC[C@@]21C. The van der Waals surface area contributed by atoms with E-state index < -0.39 is 11.8 Å². The van der Waals surface area contributed by atoms with Crippen molar-refractivity contribution in [1.82, 2.24) is 0 Å². The van der Waals surface area contributed by atoms with E-state index in [0.717, 1.165) is 37.5 Å². The summed E-state index contributed by atoms with van der Waals surface area (Å²) in [5.74, 6) is 3.81. The van der Waals surface area contributed by atoms with Crippen molar-refractivity contribution >= 4 is 0 Å². The zero-order valence-corrected chi connectivity index (χ0v) is 19.6. The van der Waals surface area contributed by atoms with Crippen LogP contribution in [-0.4, -0.2) is 28.1 Å². The third-order valence-electron chi connectivity index (χ3n) is 10.6. The van der Waals surface area contributed by atoms with E-state index in [4.69, 9.17) is 0 Å². The summed E-state index contributed by atoms with van der Waals surface area (Å²) in [6, 6.07) is 0. The van der Waals surface area contributed by atoms with Gasteiger partial charge in [-0.3, -0.25) is 0 Å². The molecule has 2 nitrogen and oxygen atoms in total. The monoisotopic (exact) mass is 444 g/mol.